The summed E-state index contributed by atoms with van der Waals surface area (Å²) >= 11 is 0. The number of benzene rings is 1. The zero-order valence-electron chi connectivity index (χ0n) is 12.7. The molecule has 0 bridgehead atoms. The molecule has 0 spiro atoms. The first kappa shape index (κ1) is 16.1. The zero-order chi connectivity index (χ0) is 16.2. The highest BCUT2D eigenvalue weighted by atomic mass is 19.1. The number of ether oxygens (including phenoxy) is 2. The molecule has 2 aliphatic rings. The summed E-state index contributed by atoms with van der Waals surface area (Å²) in [5, 5.41) is 0. The molecule has 0 radical (unpaired) electrons. The first-order chi connectivity index (χ1) is 11.2. The number of likely N-dealkylation sites (tertiary alicyclic amines) is 1. The highest BCUT2D eigenvalue weighted by Gasteiger charge is 2.35. The Morgan fingerprint density at radius 3 is 2.57 bits per heavy atom. The van der Waals surface area contributed by atoms with Gasteiger partial charge in [-0.3, -0.25) is 4.79 Å². The minimum Gasteiger partial charge on any atom is -0.348 e. The van der Waals surface area contributed by atoms with Crippen LogP contribution >= 0.6 is 0 Å². The third kappa shape index (κ3) is 3.59. The highest BCUT2D eigenvalue weighted by molar-refractivity contribution is 5.92. The molecule has 0 N–H and O–H groups in total. The molecule has 1 aromatic carbocycles. The maximum absolute atomic E-state index is 13.6. The summed E-state index contributed by atoms with van der Waals surface area (Å²) in [4.78, 5) is 14.1. The molecule has 6 heteroatoms. The minimum absolute atomic E-state index is 0.145. The molecule has 2 aliphatic heterocycles. The summed E-state index contributed by atoms with van der Waals surface area (Å²) in [5.41, 5.74) is -0.206. The van der Waals surface area contributed by atoms with E-state index in [0.717, 1.165) is 31.4 Å². The summed E-state index contributed by atoms with van der Waals surface area (Å²) in [6.07, 6.45) is 4.71. The predicted octanol–water partition coefficient (Wildman–Crippen LogP) is 2.73. The molecule has 2 heterocycles. The molecule has 124 valence electrons. The second kappa shape index (κ2) is 7.19. The van der Waals surface area contributed by atoms with Crippen LogP contribution in [-0.4, -0.2) is 42.9 Å². The summed E-state index contributed by atoms with van der Waals surface area (Å²) < 4.78 is 38.2. The van der Waals surface area contributed by atoms with Crippen molar-refractivity contribution >= 4 is 12.0 Å². The van der Waals surface area contributed by atoms with Crippen LogP contribution < -0.4 is 0 Å². The van der Waals surface area contributed by atoms with Crippen molar-refractivity contribution in [2.45, 2.75) is 31.6 Å². The van der Waals surface area contributed by atoms with Gasteiger partial charge in [0.25, 0.3) is 0 Å². The molecule has 2 fully saturated rings. The molecule has 4 nitrogen and oxygen atoms in total. The lowest BCUT2D eigenvalue weighted by Crippen LogP contribution is -2.49. The monoisotopic (exact) mass is 323 g/mol. The van der Waals surface area contributed by atoms with E-state index >= 15 is 0 Å². The summed E-state index contributed by atoms with van der Waals surface area (Å²) in [5.74, 6) is -1.66. The van der Waals surface area contributed by atoms with E-state index in [9.17, 15) is 13.6 Å². The van der Waals surface area contributed by atoms with Crippen LogP contribution in [0, 0.1) is 11.6 Å². The lowest BCUT2D eigenvalue weighted by Gasteiger charge is -2.37. The van der Waals surface area contributed by atoms with Crippen LogP contribution in [0.5, 0.6) is 0 Å². The van der Waals surface area contributed by atoms with Crippen LogP contribution in [0.3, 0.4) is 0 Å². The quantitative estimate of drug-likeness (QED) is 0.803. The van der Waals surface area contributed by atoms with Gasteiger partial charge in [-0.25, -0.2) is 8.78 Å². The molecular weight excluding hydrogens is 304 g/mol. The minimum atomic E-state index is -0.688. The summed E-state index contributed by atoms with van der Waals surface area (Å²) in [7, 11) is 0. The molecule has 1 amide bonds. The molecule has 0 aliphatic carbocycles. The average molecular weight is 323 g/mol. The molecule has 1 unspecified atom stereocenters. The Bertz CT molecular complexity index is 579. The Morgan fingerprint density at radius 2 is 1.87 bits per heavy atom. The van der Waals surface area contributed by atoms with Gasteiger partial charge in [0.05, 0.1) is 19.3 Å². The van der Waals surface area contributed by atoms with E-state index in [1.165, 1.54) is 18.2 Å². The lowest BCUT2D eigenvalue weighted by atomic mass is 10.0. The van der Waals surface area contributed by atoms with Crippen LogP contribution in [-0.2, 0) is 14.3 Å². The lowest BCUT2D eigenvalue weighted by molar-refractivity contribution is -0.145. The van der Waals surface area contributed by atoms with Gasteiger partial charge in [-0.1, -0.05) is 6.07 Å². The largest absolute Gasteiger partial charge is 0.348 e. The number of amides is 1. The fraction of sp³-hybridized carbons (Fsp3) is 0.471. The Hall–Kier alpha value is -1.79. The Morgan fingerprint density at radius 1 is 1.17 bits per heavy atom. The second-order valence-electron chi connectivity index (χ2n) is 5.67. The number of carbonyl (C=O) groups excluding carboxylic acids is 1. The topological polar surface area (TPSA) is 38.8 Å². The van der Waals surface area contributed by atoms with Crippen molar-refractivity contribution in [3.05, 3.63) is 41.5 Å². The van der Waals surface area contributed by atoms with Crippen LogP contribution in [0.2, 0.25) is 0 Å². The van der Waals surface area contributed by atoms with Gasteiger partial charge in [0, 0.05) is 18.2 Å². The average Bonchev–Trinajstić information content (AvgIpc) is 3.08. The van der Waals surface area contributed by atoms with E-state index in [1.54, 1.807) is 4.90 Å². The summed E-state index contributed by atoms with van der Waals surface area (Å²) in [6.45, 7) is 1.65. The maximum Gasteiger partial charge on any atom is 0.247 e. The fourth-order valence-electron chi connectivity index (χ4n) is 3.03. The normalized spacial score (nSPS) is 22.9. The number of piperidine rings is 1. The Balaban J connectivity index is 1.74. The van der Waals surface area contributed by atoms with Gasteiger partial charge in [0.2, 0.25) is 5.91 Å². The molecule has 0 aromatic heterocycles. The van der Waals surface area contributed by atoms with E-state index in [0.29, 0.717) is 19.8 Å². The van der Waals surface area contributed by atoms with Crippen LogP contribution in [0.15, 0.2) is 24.3 Å². The molecular formula is C17H19F2NO3. The molecule has 1 atom stereocenters. The van der Waals surface area contributed by atoms with Gasteiger partial charge in [0.15, 0.2) is 6.29 Å². The highest BCUT2D eigenvalue weighted by Crippen LogP contribution is 2.25. The summed E-state index contributed by atoms with van der Waals surface area (Å²) in [6, 6.07) is 3.47. The number of carbonyl (C=O) groups is 1. The van der Waals surface area contributed by atoms with Gasteiger partial charge >= 0.3 is 0 Å². The molecule has 1 aromatic rings. The fourth-order valence-corrected chi connectivity index (χ4v) is 3.03. The molecule has 3 rings (SSSR count). The molecule has 0 saturated carbocycles. The van der Waals surface area contributed by atoms with Crippen molar-refractivity contribution < 1.29 is 23.0 Å². The van der Waals surface area contributed by atoms with Crippen LogP contribution in [0.1, 0.15) is 24.8 Å². The Kier molecular flexibility index (Phi) is 5.03. The van der Waals surface area contributed by atoms with Crippen molar-refractivity contribution in [2.75, 3.05) is 19.8 Å². The van der Waals surface area contributed by atoms with E-state index in [4.69, 9.17) is 9.47 Å². The zero-order valence-corrected chi connectivity index (χ0v) is 12.7. The number of hydrogen-bond acceptors (Lipinski definition) is 3. The molecule has 2 saturated heterocycles. The third-order valence-corrected chi connectivity index (χ3v) is 4.19. The predicted molar refractivity (Wildman–Crippen MR) is 80.4 cm³/mol. The van der Waals surface area contributed by atoms with Crippen molar-refractivity contribution in [2.24, 2.45) is 0 Å². The van der Waals surface area contributed by atoms with E-state index in [2.05, 4.69) is 0 Å². The van der Waals surface area contributed by atoms with Gasteiger partial charge in [0.1, 0.15) is 11.6 Å². The first-order valence-corrected chi connectivity index (χ1v) is 7.83. The van der Waals surface area contributed by atoms with E-state index < -0.39 is 17.9 Å². The van der Waals surface area contributed by atoms with Crippen molar-refractivity contribution in [3.63, 3.8) is 0 Å². The van der Waals surface area contributed by atoms with E-state index in [-0.39, 0.29) is 17.5 Å². The van der Waals surface area contributed by atoms with Crippen LogP contribution in [0.25, 0.3) is 6.08 Å². The van der Waals surface area contributed by atoms with Gasteiger partial charge in [-0.15, -0.1) is 0 Å². The smallest absolute Gasteiger partial charge is 0.247 e. The Labute approximate surface area is 133 Å². The second-order valence-corrected chi connectivity index (χ2v) is 5.67. The standard InChI is InChI=1S/C17H19F2NO3/c18-13-4-3-5-14(19)12(13)7-8-16(21)20-9-2-1-6-15(20)17-22-10-11-23-17/h3-5,7-8,15,17H,1-2,6,9-11H2/b8-7+. The number of nitrogens with zero attached hydrogens (tertiary/aromatic N) is 1. The van der Waals surface area contributed by atoms with Crippen LogP contribution in [0.4, 0.5) is 8.78 Å². The number of rotatable bonds is 3. The van der Waals surface area contributed by atoms with E-state index in [1.807, 2.05) is 0 Å². The number of halogens is 2. The van der Waals surface area contributed by atoms with Crippen molar-refractivity contribution in [1.82, 2.24) is 4.90 Å². The third-order valence-electron chi connectivity index (χ3n) is 4.19. The first-order valence-electron chi connectivity index (χ1n) is 7.83. The number of hydrogen-bond donors (Lipinski definition) is 0. The molecule has 23 heavy (non-hydrogen) atoms. The van der Waals surface area contributed by atoms with Crippen molar-refractivity contribution in [3.8, 4) is 0 Å². The van der Waals surface area contributed by atoms with Crippen molar-refractivity contribution in [1.29, 1.82) is 0 Å². The van der Waals surface area contributed by atoms with Gasteiger partial charge in [-0.05, 0) is 37.5 Å². The SMILES string of the molecule is O=C(/C=C/c1c(F)cccc1F)N1CCCCC1C1OCCO1. The van der Waals surface area contributed by atoms with Gasteiger partial charge < -0.3 is 14.4 Å². The maximum atomic E-state index is 13.6. The van der Waals surface area contributed by atoms with Gasteiger partial charge in [-0.2, -0.15) is 0 Å².